The fourth-order valence-electron chi connectivity index (χ4n) is 4.83. The van der Waals surface area contributed by atoms with Crippen LogP contribution in [-0.2, 0) is 0 Å². The van der Waals surface area contributed by atoms with Gasteiger partial charge >= 0.3 is 0 Å². The van der Waals surface area contributed by atoms with Gasteiger partial charge in [-0.05, 0) is 60.3 Å². The van der Waals surface area contributed by atoms with Crippen LogP contribution >= 0.6 is 11.6 Å². The van der Waals surface area contributed by atoms with Crippen molar-refractivity contribution in [2.24, 2.45) is 0 Å². The minimum atomic E-state index is 0.717. The Kier molecular flexibility index (Phi) is 5.46. The third-order valence-corrected chi connectivity index (χ3v) is 6.68. The van der Waals surface area contributed by atoms with Crippen LogP contribution in [0.1, 0.15) is 87.2 Å². The number of hydrogen-bond acceptors (Lipinski definition) is 0. The summed E-state index contributed by atoms with van der Waals surface area (Å²) in [6.45, 7) is 0. The lowest BCUT2D eigenvalue weighted by molar-refractivity contribution is 0.443. The summed E-state index contributed by atoms with van der Waals surface area (Å²) >= 11 is 6.67. The topological polar surface area (TPSA) is 0 Å². The number of rotatable bonds is 3. The van der Waals surface area contributed by atoms with Gasteiger partial charge in [-0.3, -0.25) is 0 Å². The van der Waals surface area contributed by atoms with Crippen LogP contribution in [0.15, 0.2) is 42.5 Å². The molecule has 2 fully saturated rings. The van der Waals surface area contributed by atoms with Crippen molar-refractivity contribution >= 4 is 11.6 Å². The van der Waals surface area contributed by atoms with E-state index >= 15 is 0 Å². The molecule has 1 heteroatoms. The van der Waals surface area contributed by atoms with E-state index in [4.69, 9.17) is 11.6 Å². The SMILES string of the molecule is Clc1cc(C2CCCCC2)ccc1-c1ccc(C2CCCCC2)cc1. The number of benzene rings is 2. The van der Waals surface area contributed by atoms with Crippen LogP contribution in [0.5, 0.6) is 0 Å². The van der Waals surface area contributed by atoms with E-state index in [2.05, 4.69) is 42.5 Å². The van der Waals surface area contributed by atoms with Gasteiger partial charge in [0.1, 0.15) is 0 Å². The highest BCUT2D eigenvalue weighted by molar-refractivity contribution is 6.33. The monoisotopic (exact) mass is 352 g/mol. The summed E-state index contributed by atoms with van der Waals surface area (Å²) in [4.78, 5) is 0. The highest BCUT2D eigenvalue weighted by Crippen LogP contribution is 2.38. The second kappa shape index (κ2) is 7.96. The summed E-state index contributed by atoms with van der Waals surface area (Å²) in [6, 6.07) is 16.0. The molecular formula is C24H29Cl. The molecule has 0 spiro atoms. The van der Waals surface area contributed by atoms with E-state index < -0.39 is 0 Å². The Morgan fingerprint density at radius 2 is 1.12 bits per heavy atom. The molecule has 0 saturated heterocycles. The van der Waals surface area contributed by atoms with Gasteiger partial charge in [-0.1, -0.05) is 86.5 Å². The molecule has 0 N–H and O–H groups in total. The predicted molar refractivity (Wildman–Crippen MR) is 109 cm³/mol. The molecular weight excluding hydrogens is 324 g/mol. The average Bonchev–Trinajstić information content (AvgIpc) is 2.69. The number of hydrogen-bond donors (Lipinski definition) is 0. The summed E-state index contributed by atoms with van der Waals surface area (Å²) in [6.07, 6.45) is 13.7. The van der Waals surface area contributed by atoms with Crippen molar-refractivity contribution in [3.63, 3.8) is 0 Å². The van der Waals surface area contributed by atoms with Gasteiger partial charge in [-0.15, -0.1) is 0 Å². The molecule has 2 aromatic rings. The van der Waals surface area contributed by atoms with Crippen molar-refractivity contribution in [3.8, 4) is 11.1 Å². The predicted octanol–water partition coefficient (Wildman–Crippen LogP) is 8.10. The first-order valence-corrected chi connectivity index (χ1v) is 10.6. The zero-order valence-corrected chi connectivity index (χ0v) is 15.9. The first-order chi connectivity index (χ1) is 12.3. The lowest BCUT2D eigenvalue weighted by Gasteiger charge is -2.23. The maximum absolute atomic E-state index is 6.67. The molecule has 0 heterocycles. The summed E-state index contributed by atoms with van der Waals surface area (Å²) in [5, 5.41) is 0.911. The van der Waals surface area contributed by atoms with E-state index in [9.17, 15) is 0 Å². The molecule has 4 rings (SSSR count). The molecule has 2 aromatic carbocycles. The Balaban J connectivity index is 1.52. The van der Waals surface area contributed by atoms with Gasteiger partial charge in [0.15, 0.2) is 0 Å². The van der Waals surface area contributed by atoms with Crippen molar-refractivity contribution in [1.29, 1.82) is 0 Å². The summed E-state index contributed by atoms with van der Waals surface area (Å²) < 4.78 is 0. The smallest absolute Gasteiger partial charge is 0.0487 e. The van der Waals surface area contributed by atoms with E-state index in [1.165, 1.54) is 86.5 Å². The van der Waals surface area contributed by atoms with Crippen LogP contribution in [0, 0.1) is 0 Å². The Hall–Kier alpha value is -1.27. The molecule has 2 aliphatic carbocycles. The standard InChI is InChI=1S/C24H29Cl/c25-24-17-22(19-9-5-2-6-10-19)15-16-23(24)21-13-11-20(12-14-21)18-7-3-1-4-8-18/h11-19H,1-10H2. The van der Waals surface area contributed by atoms with E-state index in [1.807, 2.05) is 0 Å². The largest absolute Gasteiger partial charge is 0.0837 e. The Labute approximate surface area is 157 Å². The zero-order valence-electron chi connectivity index (χ0n) is 15.1. The maximum Gasteiger partial charge on any atom is 0.0487 e. The first kappa shape index (κ1) is 17.2. The average molecular weight is 353 g/mol. The summed E-state index contributed by atoms with van der Waals surface area (Å²) in [5.41, 5.74) is 5.38. The van der Waals surface area contributed by atoms with Crippen LogP contribution in [0.25, 0.3) is 11.1 Å². The third kappa shape index (κ3) is 3.95. The van der Waals surface area contributed by atoms with Crippen molar-refractivity contribution in [2.45, 2.75) is 76.0 Å². The fraction of sp³-hybridized carbons (Fsp3) is 0.500. The summed E-state index contributed by atoms with van der Waals surface area (Å²) in [7, 11) is 0. The minimum Gasteiger partial charge on any atom is -0.0837 e. The van der Waals surface area contributed by atoms with Crippen LogP contribution < -0.4 is 0 Å². The lowest BCUT2D eigenvalue weighted by Crippen LogP contribution is -2.04. The molecule has 0 radical (unpaired) electrons. The first-order valence-electron chi connectivity index (χ1n) is 10.2. The molecule has 0 aromatic heterocycles. The molecule has 0 nitrogen and oxygen atoms in total. The van der Waals surface area contributed by atoms with Crippen molar-refractivity contribution in [2.75, 3.05) is 0 Å². The number of halogens is 1. The lowest BCUT2D eigenvalue weighted by atomic mass is 9.83. The molecule has 2 saturated carbocycles. The van der Waals surface area contributed by atoms with E-state index in [-0.39, 0.29) is 0 Å². The van der Waals surface area contributed by atoms with Crippen LogP contribution in [0.4, 0.5) is 0 Å². The van der Waals surface area contributed by atoms with Crippen molar-refractivity contribution in [3.05, 3.63) is 58.6 Å². The van der Waals surface area contributed by atoms with Crippen molar-refractivity contribution < 1.29 is 0 Å². The van der Waals surface area contributed by atoms with Gasteiger partial charge in [0.25, 0.3) is 0 Å². The van der Waals surface area contributed by atoms with Gasteiger partial charge in [0.2, 0.25) is 0 Å². The van der Waals surface area contributed by atoms with Gasteiger partial charge in [-0.25, -0.2) is 0 Å². The Bertz CT molecular complexity index is 689. The molecule has 0 bridgehead atoms. The van der Waals surface area contributed by atoms with Crippen LogP contribution in [0.2, 0.25) is 5.02 Å². The normalized spacial score (nSPS) is 19.9. The molecule has 0 aliphatic heterocycles. The van der Waals surface area contributed by atoms with Crippen LogP contribution in [-0.4, -0.2) is 0 Å². The Morgan fingerprint density at radius 3 is 1.68 bits per heavy atom. The van der Waals surface area contributed by atoms with Gasteiger partial charge in [0.05, 0.1) is 0 Å². The minimum absolute atomic E-state index is 0.717. The summed E-state index contributed by atoms with van der Waals surface area (Å²) in [5.74, 6) is 1.49. The van der Waals surface area contributed by atoms with Gasteiger partial charge < -0.3 is 0 Å². The molecule has 132 valence electrons. The maximum atomic E-state index is 6.67. The molecule has 0 atom stereocenters. The molecule has 0 unspecified atom stereocenters. The Morgan fingerprint density at radius 1 is 0.600 bits per heavy atom. The molecule has 0 amide bonds. The fourth-order valence-corrected chi connectivity index (χ4v) is 5.12. The van der Waals surface area contributed by atoms with E-state index in [0.717, 1.165) is 10.9 Å². The highest BCUT2D eigenvalue weighted by atomic mass is 35.5. The quantitative estimate of drug-likeness (QED) is 0.523. The molecule has 25 heavy (non-hydrogen) atoms. The second-order valence-electron chi connectivity index (χ2n) is 8.03. The highest BCUT2D eigenvalue weighted by Gasteiger charge is 2.18. The van der Waals surface area contributed by atoms with Crippen molar-refractivity contribution in [1.82, 2.24) is 0 Å². The second-order valence-corrected chi connectivity index (χ2v) is 8.44. The van der Waals surface area contributed by atoms with Crippen LogP contribution in [0.3, 0.4) is 0 Å². The van der Waals surface area contributed by atoms with Gasteiger partial charge in [-0.2, -0.15) is 0 Å². The molecule has 2 aliphatic rings. The third-order valence-electron chi connectivity index (χ3n) is 6.37. The van der Waals surface area contributed by atoms with E-state index in [0.29, 0.717) is 5.92 Å². The van der Waals surface area contributed by atoms with E-state index in [1.54, 1.807) is 0 Å². The zero-order chi connectivity index (χ0) is 17.1. The van der Waals surface area contributed by atoms with Gasteiger partial charge in [0, 0.05) is 10.6 Å².